The molecule has 0 saturated carbocycles. The normalized spacial score (nSPS) is 10.3. The lowest BCUT2D eigenvalue weighted by Crippen LogP contribution is -2.22. The van der Waals surface area contributed by atoms with Crippen molar-refractivity contribution in [3.8, 4) is 11.4 Å². The summed E-state index contributed by atoms with van der Waals surface area (Å²) in [4.78, 5) is 30.1. The van der Waals surface area contributed by atoms with Crippen LogP contribution in [0.2, 0.25) is 0 Å². The first-order chi connectivity index (χ1) is 12.0. The van der Waals surface area contributed by atoms with Gasteiger partial charge in [0.2, 0.25) is 0 Å². The molecule has 7 nitrogen and oxygen atoms in total. The standard InChI is InChI=1S/C18H17N5O2/c1-23(2)18(25)12-6-5-7-13(10-12)20-17(24)16-11-15(21-22-16)14-8-3-4-9-19-14/h3-11H,1-2H3,(H,20,24)(H,21,22). The Hall–Kier alpha value is -3.48. The van der Waals surface area contributed by atoms with Crippen LogP contribution in [0.25, 0.3) is 11.4 Å². The van der Waals surface area contributed by atoms with Crippen molar-refractivity contribution in [2.24, 2.45) is 0 Å². The highest BCUT2D eigenvalue weighted by Crippen LogP contribution is 2.16. The van der Waals surface area contributed by atoms with Gasteiger partial charge in [0.05, 0.1) is 5.69 Å². The molecule has 7 heteroatoms. The quantitative estimate of drug-likeness (QED) is 0.766. The summed E-state index contributed by atoms with van der Waals surface area (Å²) in [5.74, 6) is -0.473. The molecule has 0 bridgehead atoms. The molecule has 0 unspecified atom stereocenters. The summed E-state index contributed by atoms with van der Waals surface area (Å²) in [7, 11) is 3.36. The van der Waals surface area contributed by atoms with Crippen LogP contribution in [0.4, 0.5) is 5.69 Å². The number of carbonyl (C=O) groups is 2. The second-order valence-electron chi connectivity index (χ2n) is 5.62. The second kappa shape index (κ2) is 6.96. The molecule has 2 heterocycles. The van der Waals surface area contributed by atoms with E-state index in [1.165, 1.54) is 4.90 Å². The van der Waals surface area contributed by atoms with Crippen LogP contribution in [0.15, 0.2) is 54.7 Å². The van der Waals surface area contributed by atoms with E-state index in [2.05, 4.69) is 20.5 Å². The van der Waals surface area contributed by atoms with E-state index in [4.69, 9.17) is 0 Å². The summed E-state index contributed by atoms with van der Waals surface area (Å²) < 4.78 is 0. The zero-order valence-corrected chi connectivity index (χ0v) is 13.9. The molecule has 0 aliphatic rings. The minimum absolute atomic E-state index is 0.130. The average Bonchev–Trinajstić information content (AvgIpc) is 3.12. The van der Waals surface area contributed by atoms with E-state index in [1.807, 2.05) is 18.2 Å². The van der Waals surface area contributed by atoms with Crippen LogP contribution in [0.5, 0.6) is 0 Å². The lowest BCUT2D eigenvalue weighted by atomic mass is 10.1. The number of hydrogen-bond acceptors (Lipinski definition) is 4. The fourth-order valence-electron chi connectivity index (χ4n) is 2.27. The summed E-state index contributed by atoms with van der Waals surface area (Å²) in [5, 5.41) is 9.57. The molecule has 0 radical (unpaired) electrons. The summed E-state index contributed by atoms with van der Waals surface area (Å²) in [6.45, 7) is 0. The Morgan fingerprint density at radius 2 is 1.88 bits per heavy atom. The van der Waals surface area contributed by atoms with Gasteiger partial charge < -0.3 is 10.2 Å². The van der Waals surface area contributed by atoms with E-state index < -0.39 is 0 Å². The molecule has 1 aromatic carbocycles. The number of carbonyl (C=O) groups excluding carboxylic acids is 2. The number of pyridine rings is 1. The van der Waals surface area contributed by atoms with Crippen molar-refractivity contribution in [2.75, 3.05) is 19.4 Å². The van der Waals surface area contributed by atoms with Crippen LogP contribution in [-0.4, -0.2) is 46.0 Å². The fraction of sp³-hybridized carbons (Fsp3) is 0.111. The largest absolute Gasteiger partial charge is 0.345 e. The number of nitrogens with one attached hydrogen (secondary N) is 2. The van der Waals surface area contributed by atoms with Gasteiger partial charge in [-0.3, -0.25) is 19.7 Å². The summed E-state index contributed by atoms with van der Waals surface area (Å²) in [5.41, 5.74) is 2.61. The first kappa shape index (κ1) is 16.4. The van der Waals surface area contributed by atoms with Crippen molar-refractivity contribution in [1.82, 2.24) is 20.1 Å². The van der Waals surface area contributed by atoms with Gasteiger partial charge in [-0.25, -0.2) is 0 Å². The van der Waals surface area contributed by atoms with Crippen molar-refractivity contribution in [3.63, 3.8) is 0 Å². The minimum atomic E-state index is -0.343. The summed E-state index contributed by atoms with van der Waals surface area (Å²) >= 11 is 0. The van der Waals surface area contributed by atoms with Gasteiger partial charge in [0.25, 0.3) is 11.8 Å². The van der Waals surface area contributed by atoms with Gasteiger partial charge in [0.1, 0.15) is 11.4 Å². The smallest absolute Gasteiger partial charge is 0.273 e. The Morgan fingerprint density at radius 1 is 1.04 bits per heavy atom. The highest BCUT2D eigenvalue weighted by atomic mass is 16.2. The Balaban J connectivity index is 1.76. The van der Waals surface area contributed by atoms with Crippen molar-refractivity contribution < 1.29 is 9.59 Å². The third kappa shape index (κ3) is 3.72. The molecule has 3 aromatic rings. The van der Waals surface area contributed by atoms with Gasteiger partial charge in [-0.05, 0) is 36.4 Å². The summed E-state index contributed by atoms with van der Waals surface area (Å²) in [6.07, 6.45) is 1.66. The minimum Gasteiger partial charge on any atom is -0.345 e. The number of anilines is 1. The number of nitrogens with zero attached hydrogens (tertiary/aromatic N) is 3. The molecular weight excluding hydrogens is 318 g/mol. The van der Waals surface area contributed by atoms with Gasteiger partial charge >= 0.3 is 0 Å². The van der Waals surface area contributed by atoms with Gasteiger partial charge in [-0.15, -0.1) is 0 Å². The molecule has 126 valence electrons. The zero-order valence-electron chi connectivity index (χ0n) is 13.9. The average molecular weight is 335 g/mol. The van der Waals surface area contributed by atoms with Crippen LogP contribution in [0, 0.1) is 0 Å². The molecule has 25 heavy (non-hydrogen) atoms. The number of hydrogen-bond donors (Lipinski definition) is 2. The van der Waals surface area contributed by atoms with E-state index >= 15 is 0 Å². The van der Waals surface area contributed by atoms with Crippen molar-refractivity contribution in [2.45, 2.75) is 0 Å². The lowest BCUT2D eigenvalue weighted by molar-refractivity contribution is 0.0827. The topological polar surface area (TPSA) is 91.0 Å². The first-order valence-corrected chi connectivity index (χ1v) is 7.64. The highest BCUT2D eigenvalue weighted by Gasteiger charge is 2.13. The monoisotopic (exact) mass is 335 g/mol. The maximum Gasteiger partial charge on any atom is 0.273 e. The molecular formula is C18H17N5O2. The number of H-pyrrole nitrogens is 1. The molecule has 0 aliphatic heterocycles. The SMILES string of the molecule is CN(C)C(=O)c1cccc(NC(=O)c2cc(-c3ccccn3)n[nH]2)c1. The van der Waals surface area contributed by atoms with Gasteiger partial charge in [0.15, 0.2) is 0 Å². The van der Waals surface area contributed by atoms with Crippen LogP contribution >= 0.6 is 0 Å². The highest BCUT2D eigenvalue weighted by molar-refractivity contribution is 6.04. The number of aromatic nitrogens is 3. The van der Waals surface area contributed by atoms with E-state index in [-0.39, 0.29) is 11.8 Å². The maximum atomic E-state index is 12.4. The molecule has 3 rings (SSSR count). The zero-order chi connectivity index (χ0) is 17.8. The Kier molecular flexibility index (Phi) is 4.56. The molecule has 0 aliphatic carbocycles. The molecule has 2 aromatic heterocycles. The van der Waals surface area contributed by atoms with Crippen molar-refractivity contribution in [3.05, 3.63) is 66.0 Å². The molecule has 0 fully saturated rings. The van der Waals surface area contributed by atoms with Crippen LogP contribution < -0.4 is 5.32 Å². The summed E-state index contributed by atoms with van der Waals surface area (Å²) in [6, 6.07) is 13.9. The number of rotatable bonds is 4. The van der Waals surface area contributed by atoms with E-state index in [0.717, 1.165) is 0 Å². The number of amides is 2. The maximum absolute atomic E-state index is 12.4. The van der Waals surface area contributed by atoms with Crippen LogP contribution in [0.3, 0.4) is 0 Å². The van der Waals surface area contributed by atoms with E-state index in [1.54, 1.807) is 50.6 Å². The van der Waals surface area contributed by atoms with Crippen LogP contribution in [-0.2, 0) is 0 Å². The van der Waals surface area contributed by atoms with Crippen LogP contribution in [0.1, 0.15) is 20.8 Å². The Morgan fingerprint density at radius 3 is 2.60 bits per heavy atom. The van der Waals surface area contributed by atoms with E-state index in [9.17, 15) is 9.59 Å². The second-order valence-corrected chi connectivity index (χ2v) is 5.62. The molecule has 0 saturated heterocycles. The van der Waals surface area contributed by atoms with Gasteiger partial charge in [-0.1, -0.05) is 12.1 Å². The number of aromatic amines is 1. The Bertz CT molecular complexity index is 903. The predicted molar refractivity (Wildman–Crippen MR) is 94.2 cm³/mol. The van der Waals surface area contributed by atoms with E-state index in [0.29, 0.717) is 28.3 Å². The molecule has 0 atom stereocenters. The van der Waals surface area contributed by atoms with Crippen molar-refractivity contribution >= 4 is 17.5 Å². The molecule has 2 amide bonds. The van der Waals surface area contributed by atoms with Crippen molar-refractivity contribution in [1.29, 1.82) is 0 Å². The lowest BCUT2D eigenvalue weighted by Gasteiger charge is -2.11. The first-order valence-electron chi connectivity index (χ1n) is 7.64. The molecule has 2 N–H and O–H groups in total. The third-order valence-electron chi connectivity index (χ3n) is 3.52. The van der Waals surface area contributed by atoms with Gasteiger partial charge in [0, 0.05) is 31.5 Å². The fourth-order valence-corrected chi connectivity index (χ4v) is 2.27. The Labute approximate surface area is 144 Å². The third-order valence-corrected chi connectivity index (χ3v) is 3.52. The number of benzene rings is 1. The predicted octanol–water partition coefficient (Wildman–Crippen LogP) is 2.43. The molecule has 0 spiro atoms. The van der Waals surface area contributed by atoms with Gasteiger partial charge in [-0.2, -0.15) is 5.10 Å².